The van der Waals surface area contributed by atoms with Crippen molar-refractivity contribution in [3.63, 3.8) is 0 Å². The molecule has 0 atom stereocenters. The predicted octanol–water partition coefficient (Wildman–Crippen LogP) is 1.92. The number of carbonyl (C=O) groups excluding carboxylic acids is 1. The van der Waals surface area contributed by atoms with Gasteiger partial charge in [0, 0.05) is 5.56 Å². The highest BCUT2D eigenvalue weighted by Crippen LogP contribution is 2.22. The third-order valence-corrected chi connectivity index (χ3v) is 2.88. The summed E-state index contributed by atoms with van der Waals surface area (Å²) in [6, 6.07) is 6.16. The fraction of sp³-hybridized carbons (Fsp3) is 0.462. The van der Waals surface area contributed by atoms with Crippen LogP contribution in [0.3, 0.4) is 0 Å². The SMILES string of the molecule is CN(C)CC(=O)c1ccc2c(c1)CCC2. The Morgan fingerprint density at radius 1 is 1.27 bits per heavy atom. The van der Waals surface area contributed by atoms with Gasteiger partial charge in [0.2, 0.25) is 0 Å². The van der Waals surface area contributed by atoms with E-state index in [4.69, 9.17) is 0 Å². The van der Waals surface area contributed by atoms with Crippen LogP contribution in [0.15, 0.2) is 18.2 Å². The van der Waals surface area contributed by atoms with Crippen LogP contribution in [0.2, 0.25) is 0 Å². The molecule has 0 saturated heterocycles. The van der Waals surface area contributed by atoms with Gasteiger partial charge in [-0.1, -0.05) is 12.1 Å². The van der Waals surface area contributed by atoms with Crippen LogP contribution < -0.4 is 0 Å². The third-order valence-electron chi connectivity index (χ3n) is 2.88. The highest BCUT2D eigenvalue weighted by atomic mass is 16.1. The minimum Gasteiger partial charge on any atom is -0.302 e. The van der Waals surface area contributed by atoms with E-state index in [0.29, 0.717) is 6.54 Å². The zero-order chi connectivity index (χ0) is 10.8. The summed E-state index contributed by atoms with van der Waals surface area (Å²) >= 11 is 0. The molecule has 0 aliphatic heterocycles. The van der Waals surface area contributed by atoms with Gasteiger partial charge in [-0.2, -0.15) is 0 Å². The van der Waals surface area contributed by atoms with Gasteiger partial charge in [-0.05, 0) is 50.6 Å². The van der Waals surface area contributed by atoms with E-state index in [9.17, 15) is 4.79 Å². The molecule has 1 aromatic carbocycles. The van der Waals surface area contributed by atoms with Crippen LogP contribution in [0.4, 0.5) is 0 Å². The summed E-state index contributed by atoms with van der Waals surface area (Å²) in [6.45, 7) is 0.499. The molecular formula is C13H17NO. The number of Topliss-reactive ketones (excluding diaryl/α,β-unsaturated/α-hetero) is 1. The largest absolute Gasteiger partial charge is 0.302 e. The van der Waals surface area contributed by atoms with Gasteiger partial charge < -0.3 is 4.90 Å². The van der Waals surface area contributed by atoms with Gasteiger partial charge in [-0.3, -0.25) is 4.79 Å². The monoisotopic (exact) mass is 203 g/mol. The average molecular weight is 203 g/mol. The maximum atomic E-state index is 11.8. The lowest BCUT2D eigenvalue weighted by molar-refractivity contribution is 0.0958. The van der Waals surface area contributed by atoms with Gasteiger partial charge in [-0.25, -0.2) is 0 Å². The van der Waals surface area contributed by atoms with E-state index in [1.54, 1.807) is 0 Å². The van der Waals surface area contributed by atoms with Crippen molar-refractivity contribution in [1.82, 2.24) is 4.90 Å². The topological polar surface area (TPSA) is 20.3 Å². The molecule has 0 bridgehead atoms. The fourth-order valence-electron chi connectivity index (χ4n) is 2.12. The molecule has 15 heavy (non-hydrogen) atoms. The zero-order valence-corrected chi connectivity index (χ0v) is 9.42. The number of fused-ring (bicyclic) bond motifs is 1. The highest BCUT2D eigenvalue weighted by Gasteiger charge is 2.13. The Hall–Kier alpha value is -1.15. The summed E-state index contributed by atoms with van der Waals surface area (Å²) in [7, 11) is 3.84. The van der Waals surface area contributed by atoms with Crippen molar-refractivity contribution in [3.05, 3.63) is 34.9 Å². The molecule has 80 valence electrons. The number of benzene rings is 1. The molecule has 0 aromatic heterocycles. The molecule has 2 nitrogen and oxygen atoms in total. The maximum Gasteiger partial charge on any atom is 0.176 e. The first kappa shape index (κ1) is 10.4. The van der Waals surface area contributed by atoms with E-state index >= 15 is 0 Å². The van der Waals surface area contributed by atoms with Gasteiger partial charge >= 0.3 is 0 Å². The van der Waals surface area contributed by atoms with Gasteiger partial charge in [0.25, 0.3) is 0 Å². The van der Waals surface area contributed by atoms with E-state index in [0.717, 1.165) is 12.0 Å². The van der Waals surface area contributed by atoms with Crippen LogP contribution in [0.1, 0.15) is 27.9 Å². The van der Waals surface area contributed by atoms with Crippen molar-refractivity contribution in [1.29, 1.82) is 0 Å². The first-order chi connectivity index (χ1) is 7.16. The number of likely N-dealkylation sites (N-methyl/N-ethyl adjacent to an activating group) is 1. The summed E-state index contributed by atoms with van der Waals surface area (Å²) in [5.74, 6) is 0.217. The first-order valence-electron chi connectivity index (χ1n) is 5.46. The Balaban J connectivity index is 2.19. The van der Waals surface area contributed by atoms with Crippen molar-refractivity contribution >= 4 is 5.78 Å². The summed E-state index contributed by atoms with van der Waals surface area (Å²) in [5.41, 5.74) is 3.67. The van der Waals surface area contributed by atoms with E-state index in [-0.39, 0.29) is 5.78 Å². The summed E-state index contributed by atoms with van der Waals surface area (Å²) < 4.78 is 0. The van der Waals surface area contributed by atoms with Crippen LogP contribution in [0.25, 0.3) is 0 Å². The second-order valence-electron chi connectivity index (χ2n) is 4.50. The molecule has 0 N–H and O–H groups in total. The summed E-state index contributed by atoms with van der Waals surface area (Å²) in [6.07, 6.45) is 3.55. The van der Waals surface area contributed by atoms with Crippen molar-refractivity contribution < 1.29 is 4.79 Å². The Morgan fingerprint density at radius 2 is 2.00 bits per heavy atom. The second kappa shape index (κ2) is 4.15. The second-order valence-corrected chi connectivity index (χ2v) is 4.50. The van der Waals surface area contributed by atoms with E-state index < -0.39 is 0 Å². The predicted molar refractivity (Wildman–Crippen MR) is 61.4 cm³/mol. The number of ketones is 1. The lowest BCUT2D eigenvalue weighted by atomic mass is 10.0. The Labute approximate surface area is 90.9 Å². The zero-order valence-electron chi connectivity index (χ0n) is 9.42. The molecule has 0 fully saturated rings. The highest BCUT2D eigenvalue weighted by molar-refractivity contribution is 5.97. The van der Waals surface area contributed by atoms with E-state index in [1.165, 1.54) is 24.0 Å². The Bertz CT molecular complexity index is 382. The number of aryl methyl sites for hydroxylation is 2. The number of carbonyl (C=O) groups is 1. The van der Waals surface area contributed by atoms with Crippen LogP contribution >= 0.6 is 0 Å². The first-order valence-corrected chi connectivity index (χ1v) is 5.46. The third kappa shape index (κ3) is 2.26. The van der Waals surface area contributed by atoms with Crippen molar-refractivity contribution in [2.24, 2.45) is 0 Å². The van der Waals surface area contributed by atoms with Crippen LogP contribution in [-0.4, -0.2) is 31.3 Å². The molecular weight excluding hydrogens is 186 g/mol. The molecule has 2 rings (SSSR count). The number of hydrogen-bond acceptors (Lipinski definition) is 2. The smallest absolute Gasteiger partial charge is 0.176 e. The van der Waals surface area contributed by atoms with Gasteiger partial charge in [0.15, 0.2) is 5.78 Å². The van der Waals surface area contributed by atoms with E-state index in [1.807, 2.05) is 25.1 Å². The normalized spacial score (nSPS) is 14.3. The standard InChI is InChI=1S/C13H17NO/c1-14(2)9-13(15)12-7-6-10-4-3-5-11(10)8-12/h6-8H,3-5,9H2,1-2H3. The van der Waals surface area contributed by atoms with Crippen LogP contribution in [0, 0.1) is 0 Å². The molecule has 1 aliphatic carbocycles. The Kier molecular flexibility index (Phi) is 2.87. The molecule has 0 amide bonds. The molecule has 0 saturated carbocycles. The molecule has 0 spiro atoms. The molecule has 1 aromatic rings. The molecule has 0 radical (unpaired) electrons. The minimum atomic E-state index is 0.217. The summed E-state index contributed by atoms with van der Waals surface area (Å²) in [4.78, 5) is 13.7. The molecule has 0 heterocycles. The Morgan fingerprint density at radius 3 is 2.73 bits per heavy atom. The van der Waals surface area contributed by atoms with Crippen molar-refractivity contribution in [2.75, 3.05) is 20.6 Å². The molecule has 1 aliphatic rings. The van der Waals surface area contributed by atoms with Crippen LogP contribution in [0.5, 0.6) is 0 Å². The fourth-order valence-corrected chi connectivity index (χ4v) is 2.12. The quantitative estimate of drug-likeness (QED) is 0.699. The number of nitrogens with zero attached hydrogens (tertiary/aromatic N) is 1. The number of hydrogen-bond donors (Lipinski definition) is 0. The van der Waals surface area contributed by atoms with E-state index in [2.05, 4.69) is 12.1 Å². The van der Waals surface area contributed by atoms with Crippen LogP contribution in [-0.2, 0) is 12.8 Å². The summed E-state index contributed by atoms with van der Waals surface area (Å²) in [5, 5.41) is 0. The van der Waals surface area contributed by atoms with Gasteiger partial charge in [-0.15, -0.1) is 0 Å². The average Bonchev–Trinajstić information content (AvgIpc) is 2.62. The lowest BCUT2D eigenvalue weighted by Crippen LogP contribution is -2.21. The minimum absolute atomic E-state index is 0.217. The van der Waals surface area contributed by atoms with Gasteiger partial charge in [0.05, 0.1) is 6.54 Å². The lowest BCUT2D eigenvalue weighted by Gasteiger charge is -2.09. The maximum absolute atomic E-state index is 11.8. The van der Waals surface area contributed by atoms with Crippen molar-refractivity contribution in [3.8, 4) is 0 Å². The van der Waals surface area contributed by atoms with Gasteiger partial charge in [0.1, 0.15) is 0 Å². The number of rotatable bonds is 3. The molecule has 2 heteroatoms. The van der Waals surface area contributed by atoms with Crippen molar-refractivity contribution in [2.45, 2.75) is 19.3 Å². The molecule has 0 unspecified atom stereocenters.